The van der Waals surface area contributed by atoms with Crippen LogP contribution in [0.25, 0.3) is 0 Å². The molecule has 0 spiro atoms. The third kappa shape index (κ3) is 2.93. The monoisotopic (exact) mass is 302 g/mol. The molecule has 5 nitrogen and oxygen atoms in total. The normalized spacial score (nSPS) is 18.0. The first kappa shape index (κ1) is 14.9. The Morgan fingerprint density at radius 1 is 1.09 bits per heavy atom. The second-order valence-corrected chi connectivity index (χ2v) is 5.59. The van der Waals surface area contributed by atoms with Crippen molar-refractivity contribution in [2.45, 2.75) is 12.5 Å². The number of benzene rings is 1. The lowest BCUT2D eigenvalue weighted by Gasteiger charge is -2.28. The third-order valence-electron chi connectivity index (χ3n) is 4.01. The predicted molar refractivity (Wildman–Crippen MR) is 82.2 cm³/mol. The van der Waals surface area contributed by atoms with E-state index in [-0.39, 0.29) is 5.82 Å². The molecule has 2 heterocycles. The first-order valence-corrected chi connectivity index (χ1v) is 7.34. The Bertz CT molecular complexity index is 622. The van der Waals surface area contributed by atoms with E-state index in [0.717, 1.165) is 26.2 Å². The molecule has 1 aromatic carbocycles. The van der Waals surface area contributed by atoms with E-state index in [4.69, 9.17) is 0 Å². The summed E-state index contributed by atoms with van der Waals surface area (Å²) in [5.74, 6) is 0.338. The topological polar surface area (TPSA) is 61.3 Å². The van der Waals surface area contributed by atoms with E-state index in [1.54, 1.807) is 31.5 Å². The van der Waals surface area contributed by atoms with Gasteiger partial charge in [0, 0.05) is 44.1 Å². The van der Waals surface area contributed by atoms with Gasteiger partial charge < -0.3 is 15.3 Å². The molecule has 0 unspecified atom stereocenters. The molecule has 6 heteroatoms. The minimum atomic E-state index is -1.25. The van der Waals surface area contributed by atoms with Crippen LogP contribution in [0.2, 0.25) is 0 Å². The van der Waals surface area contributed by atoms with Crippen LogP contribution in [-0.2, 0) is 5.60 Å². The molecule has 1 aliphatic heterocycles. The van der Waals surface area contributed by atoms with Crippen molar-refractivity contribution in [3.63, 3.8) is 0 Å². The van der Waals surface area contributed by atoms with Crippen molar-refractivity contribution in [3.05, 3.63) is 53.6 Å². The van der Waals surface area contributed by atoms with Crippen molar-refractivity contribution in [2.75, 3.05) is 31.1 Å². The summed E-state index contributed by atoms with van der Waals surface area (Å²) >= 11 is 0. The van der Waals surface area contributed by atoms with Crippen molar-refractivity contribution < 1.29 is 9.50 Å². The Morgan fingerprint density at radius 2 is 1.68 bits per heavy atom. The highest BCUT2D eigenvalue weighted by Crippen LogP contribution is 2.28. The minimum absolute atomic E-state index is 0.329. The molecule has 2 N–H and O–H groups in total. The van der Waals surface area contributed by atoms with E-state index < -0.39 is 5.60 Å². The smallest absolute Gasteiger partial charge is 0.225 e. The fourth-order valence-electron chi connectivity index (χ4n) is 2.54. The Morgan fingerprint density at radius 3 is 2.27 bits per heavy atom. The number of hydrogen-bond acceptors (Lipinski definition) is 5. The van der Waals surface area contributed by atoms with Crippen molar-refractivity contribution >= 4 is 5.95 Å². The van der Waals surface area contributed by atoms with E-state index >= 15 is 0 Å². The summed E-state index contributed by atoms with van der Waals surface area (Å²) in [5, 5.41) is 14.0. The molecule has 1 aliphatic rings. The minimum Gasteiger partial charge on any atom is -0.381 e. The van der Waals surface area contributed by atoms with E-state index in [2.05, 4.69) is 20.2 Å². The molecule has 0 saturated carbocycles. The number of nitrogens with one attached hydrogen (secondary N) is 1. The van der Waals surface area contributed by atoms with Gasteiger partial charge >= 0.3 is 0 Å². The highest BCUT2D eigenvalue weighted by Gasteiger charge is 2.27. The van der Waals surface area contributed by atoms with Gasteiger partial charge in [0.15, 0.2) is 0 Å². The van der Waals surface area contributed by atoms with E-state index in [9.17, 15) is 9.50 Å². The molecule has 0 amide bonds. The Hall–Kier alpha value is -2.05. The fourth-order valence-corrected chi connectivity index (χ4v) is 2.54. The van der Waals surface area contributed by atoms with Crippen LogP contribution in [0, 0.1) is 5.82 Å². The zero-order chi connectivity index (χ0) is 15.6. The Balaban J connectivity index is 1.83. The van der Waals surface area contributed by atoms with Gasteiger partial charge in [-0.25, -0.2) is 14.4 Å². The second kappa shape index (κ2) is 5.98. The molecule has 22 heavy (non-hydrogen) atoms. The summed E-state index contributed by atoms with van der Waals surface area (Å²) in [6.07, 6.45) is 3.27. The zero-order valence-corrected chi connectivity index (χ0v) is 12.5. The molecular weight excluding hydrogens is 283 g/mol. The van der Waals surface area contributed by atoms with Crippen molar-refractivity contribution in [1.82, 2.24) is 15.3 Å². The lowest BCUT2D eigenvalue weighted by Crippen LogP contribution is -2.44. The molecule has 3 rings (SSSR count). The summed E-state index contributed by atoms with van der Waals surface area (Å²) < 4.78 is 13.0. The number of nitrogens with zero attached hydrogens (tertiary/aromatic N) is 3. The third-order valence-corrected chi connectivity index (χ3v) is 4.01. The van der Waals surface area contributed by atoms with Gasteiger partial charge in [-0.1, -0.05) is 12.1 Å². The van der Waals surface area contributed by atoms with Gasteiger partial charge in [-0.05, 0) is 24.6 Å². The van der Waals surface area contributed by atoms with Crippen molar-refractivity contribution in [1.29, 1.82) is 0 Å². The average molecular weight is 302 g/mol. The number of aliphatic hydroxyl groups is 1. The molecule has 0 radical (unpaired) electrons. The number of piperazine rings is 1. The zero-order valence-electron chi connectivity index (χ0n) is 12.5. The van der Waals surface area contributed by atoms with Crippen LogP contribution in [0.3, 0.4) is 0 Å². The van der Waals surface area contributed by atoms with Crippen LogP contribution in [0.15, 0.2) is 36.7 Å². The number of rotatable bonds is 3. The van der Waals surface area contributed by atoms with Crippen LogP contribution < -0.4 is 10.2 Å². The molecule has 116 valence electrons. The Kier molecular flexibility index (Phi) is 4.04. The molecule has 0 bridgehead atoms. The largest absolute Gasteiger partial charge is 0.381 e. The summed E-state index contributed by atoms with van der Waals surface area (Å²) in [7, 11) is 0. The predicted octanol–water partition coefficient (Wildman–Crippen LogP) is 1.28. The van der Waals surface area contributed by atoms with Gasteiger partial charge in [0.25, 0.3) is 0 Å². The number of aromatic nitrogens is 2. The van der Waals surface area contributed by atoms with Crippen LogP contribution >= 0.6 is 0 Å². The van der Waals surface area contributed by atoms with Crippen LogP contribution in [0.4, 0.5) is 10.3 Å². The van der Waals surface area contributed by atoms with E-state index in [1.165, 1.54) is 12.1 Å². The van der Waals surface area contributed by atoms with Crippen LogP contribution in [-0.4, -0.2) is 41.3 Å². The summed E-state index contributed by atoms with van der Waals surface area (Å²) in [6, 6.07) is 5.80. The molecule has 1 fully saturated rings. The highest BCUT2D eigenvalue weighted by atomic mass is 19.1. The van der Waals surface area contributed by atoms with Gasteiger partial charge in [-0.3, -0.25) is 0 Å². The molecule has 1 aromatic heterocycles. The molecule has 2 aromatic rings. The summed E-state index contributed by atoms with van der Waals surface area (Å²) in [5.41, 5.74) is -0.0687. The lowest BCUT2D eigenvalue weighted by atomic mass is 9.90. The van der Waals surface area contributed by atoms with Crippen LogP contribution in [0.1, 0.15) is 18.1 Å². The summed E-state index contributed by atoms with van der Waals surface area (Å²) in [4.78, 5) is 10.8. The maximum Gasteiger partial charge on any atom is 0.225 e. The number of hydrogen-bond donors (Lipinski definition) is 2. The molecular formula is C16H19FN4O. The van der Waals surface area contributed by atoms with E-state index in [0.29, 0.717) is 17.1 Å². The first-order chi connectivity index (χ1) is 10.6. The van der Waals surface area contributed by atoms with Gasteiger partial charge in [-0.15, -0.1) is 0 Å². The number of halogens is 1. The van der Waals surface area contributed by atoms with Crippen molar-refractivity contribution in [2.24, 2.45) is 0 Å². The van der Waals surface area contributed by atoms with Gasteiger partial charge in [-0.2, -0.15) is 0 Å². The SMILES string of the molecule is C[C@@](O)(c1ccc(F)cc1)c1cnc(N2CCNCC2)nc1. The molecule has 0 aliphatic carbocycles. The summed E-state index contributed by atoms with van der Waals surface area (Å²) in [6.45, 7) is 5.22. The quantitative estimate of drug-likeness (QED) is 0.894. The fraction of sp³-hybridized carbons (Fsp3) is 0.375. The highest BCUT2D eigenvalue weighted by molar-refractivity contribution is 5.36. The van der Waals surface area contributed by atoms with Gasteiger partial charge in [0.1, 0.15) is 11.4 Å². The van der Waals surface area contributed by atoms with Crippen LogP contribution in [0.5, 0.6) is 0 Å². The standard InChI is InChI=1S/C16H19FN4O/c1-16(22,12-2-4-14(17)5-3-12)13-10-19-15(20-11-13)21-8-6-18-7-9-21/h2-5,10-11,18,22H,6-9H2,1H3/t16-/m1/s1. The van der Waals surface area contributed by atoms with E-state index in [1.807, 2.05) is 0 Å². The molecule has 1 atom stereocenters. The lowest BCUT2D eigenvalue weighted by molar-refractivity contribution is 0.101. The van der Waals surface area contributed by atoms with Gasteiger partial charge in [0.2, 0.25) is 5.95 Å². The number of anilines is 1. The van der Waals surface area contributed by atoms with Crippen molar-refractivity contribution in [3.8, 4) is 0 Å². The first-order valence-electron chi connectivity index (χ1n) is 7.34. The molecule has 1 saturated heterocycles. The second-order valence-electron chi connectivity index (χ2n) is 5.59. The maximum absolute atomic E-state index is 13.0. The maximum atomic E-state index is 13.0. The Labute approximate surface area is 128 Å². The average Bonchev–Trinajstić information content (AvgIpc) is 2.56. The van der Waals surface area contributed by atoms with Gasteiger partial charge in [0.05, 0.1) is 0 Å².